The molecular weight excluding hydrogens is 472 g/mol. The van der Waals surface area contributed by atoms with Crippen molar-refractivity contribution in [1.29, 1.82) is 0 Å². The van der Waals surface area contributed by atoms with Crippen molar-refractivity contribution in [2.24, 2.45) is 0 Å². The first kappa shape index (κ1) is 13.6. The van der Waals surface area contributed by atoms with Gasteiger partial charge in [-0.25, -0.2) is 0 Å². The Morgan fingerprint density at radius 1 is 0.436 bits per heavy atom. The quantitative estimate of drug-likeness (QED) is 0.217. The molecule has 0 spiro atoms. The Balaban J connectivity index is 1.55. The molecule has 1 heterocycles. The van der Waals surface area contributed by atoms with E-state index < -0.39 is 18.1 Å². The molecule has 0 aliphatic rings. The minimum absolute atomic E-state index is 0.0230. The maximum atomic E-state index is 9.53. The van der Waals surface area contributed by atoms with Gasteiger partial charge in [0.1, 0.15) is 11.2 Å². The van der Waals surface area contributed by atoms with E-state index in [0.717, 1.165) is 0 Å². The van der Waals surface area contributed by atoms with Crippen molar-refractivity contribution in [2.75, 3.05) is 0 Å². The minimum atomic E-state index is -0.505. The van der Waals surface area contributed by atoms with Crippen LogP contribution < -0.4 is 0 Å². The van der Waals surface area contributed by atoms with Gasteiger partial charge in [-0.3, -0.25) is 0 Å². The lowest BCUT2D eigenvalue weighted by Gasteiger charge is -2.17. The molecule has 0 radical (unpaired) electrons. The van der Waals surface area contributed by atoms with Crippen LogP contribution in [0.4, 0.5) is 0 Å². The largest absolute Gasteiger partial charge is 0.455 e. The highest BCUT2D eigenvalue weighted by molar-refractivity contribution is 6.22. The summed E-state index contributed by atoms with van der Waals surface area (Å²) in [4.78, 5) is 0. The highest BCUT2D eigenvalue weighted by Gasteiger charge is 2.18. The molecule has 1 nitrogen and oxygen atoms in total. The first-order chi connectivity index (χ1) is 24.0. The molecule has 182 valence electrons. The molecule has 0 N–H and O–H groups in total. The smallest absolute Gasteiger partial charge is 0.143 e. The van der Waals surface area contributed by atoms with Crippen LogP contribution in [-0.4, -0.2) is 0 Å². The summed E-state index contributed by atoms with van der Waals surface area (Å²) in [7, 11) is 0. The van der Waals surface area contributed by atoms with E-state index in [0.29, 0.717) is 38.2 Å². The van der Waals surface area contributed by atoms with E-state index in [9.17, 15) is 4.11 Å². The lowest BCUT2D eigenvalue weighted by molar-refractivity contribution is 0.670. The average Bonchev–Trinajstić information content (AvgIpc) is 3.53. The molecule has 1 aromatic heterocycles. The predicted octanol–water partition coefficient (Wildman–Crippen LogP) is 10.9. The maximum Gasteiger partial charge on any atom is 0.143 e. The fourth-order valence-electron chi connectivity index (χ4n) is 5.39. The summed E-state index contributed by atoms with van der Waals surface area (Å²) in [6, 6.07) is 19.1. The van der Waals surface area contributed by atoms with Crippen LogP contribution in [-0.2, 0) is 0 Å². The van der Waals surface area contributed by atoms with E-state index in [-0.39, 0.29) is 87.0 Å². The molecule has 8 rings (SSSR count). The van der Waals surface area contributed by atoms with Crippen LogP contribution in [0.3, 0.4) is 0 Å². The van der Waals surface area contributed by atoms with E-state index in [4.69, 9.17) is 15.4 Å². The number of hydrogen-bond donors (Lipinski definition) is 0. The first-order valence-corrected chi connectivity index (χ1v) is 12.5. The fourth-order valence-corrected chi connectivity index (χ4v) is 5.39. The van der Waals surface area contributed by atoms with E-state index >= 15 is 0 Å². The van der Waals surface area contributed by atoms with Crippen LogP contribution in [0.15, 0.2) is 150 Å². The van der Waals surface area contributed by atoms with Gasteiger partial charge in [0.25, 0.3) is 0 Å². The molecule has 0 bridgehead atoms. The van der Waals surface area contributed by atoms with Gasteiger partial charge >= 0.3 is 0 Å². The molecule has 7 aromatic carbocycles. The van der Waals surface area contributed by atoms with Crippen molar-refractivity contribution in [3.8, 4) is 33.4 Å². The van der Waals surface area contributed by atoms with Crippen LogP contribution in [0, 0.1) is 0 Å². The monoisotopic (exact) mass is 507 g/mol. The van der Waals surface area contributed by atoms with Gasteiger partial charge in [-0.15, -0.1) is 0 Å². The SMILES string of the molecule is [2H]c1c([2H])c([2H])c(-c2c3ccccc3c(-c3c([2H])c([2H])c4c(oc5c(-c6ccccc6)c([2H])c([2H])c([2H])c54)c3[2H])c3ccccc23)c([2H])c1[2H]. The summed E-state index contributed by atoms with van der Waals surface area (Å²) >= 11 is 0. The van der Waals surface area contributed by atoms with Crippen LogP contribution in [0.2, 0.25) is 0 Å². The normalized spacial score (nSPS) is 15.5. The Labute approximate surface area is 242 Å². The number of para-hydroxylation sites is 1. The zero-order chi connectivity index (χ0) is 35.3. The molecule has 1 heteroatoms. The number of fused-ring (bicyclic) bond motifs is 5. The third-order valence-corrected chi connectivity index (χ3v) is 7.06. The Hall–Kier alpha value is -5.14. The summed E-state index contributed by atoms with van der Waals surface area (Å²) in [6.07, 6.45) is 0. The van der Waals surface area contributed by atoms with Crippen molar-refractivity contribution in [1.82, 2.24) is 0 Å². The van der Waals surface area contributed by atoms with Gasteiger partial charge in [0.15, 0.2) is 0 Å². The Morgan fingerprint density at radius 2 is 1.05 bits per heavy atom. The summed E-state index contributed by atoms with van der Waals surface area (Å²) in [5, 5.41) is 2.22. The molecule has 39 heavy (non-hydrogen) atoms. The number of rotatable bonds is 3. The third-order valence-electron chi connectivity index (χ3n) is 7.06. The van der Waals surface area contributed by atoms with Crippen LogP contribution in [0.1, 0.15) is 15.1 Å². The van der Waals surface area contributed by atoms with Gasteiger partial charge in [0.2, 0.25) is 0 Å². The van der Waals surface area contributed by atoms with E-state index in [2.05, 4.69) is 0 Å². The molecule has 8 aromatic rings. The number of hydrogen-bond acceptors (Lipinski definition) is 1. The van der Waals surface area contributed by atoms with Gasteiger partial charge < -0.3 is 4.42 Å². The van der Waals surface area contributed by atoms with Crippen molar-refractivity contribution in [3.63, 3.8) is 0 Å². The molecule has 0 unspecified atom stereocenters. The Bertz CT molecular complexity index is 2680. The lowest BCUT2D eigenvalue weighted by atomic mass is 9.86. The van der Waals surface area contributed by atoms with Gasteiger partial charge in [-0.2, -0.15) is 0 Å². The fraction of sp³-hybridized carbons (Fsp3) is 0. The zero-order valence-corrected chi connectivity index (χ0v) is 20.4. The third kappa shape index (κ3) is 3.41. The standard InChI is InChI=1S/C38H24O/c1-3-12-25(13-4-1)28-20-11-21-34-29-23-22-27(24-35(29)39-38(28)34)37-32-18-9-7-16-30(32)36(26-14-5-2-6-15-26)31-17-8-10-19-33(31)37/h1-24H/i2D,5D,6D,11D,14D,15D,20D,21D,22D,23D,24D. The van der Waals surface area contributed by atoms with Gasteiger partial charge in [-0.1, -0.05) is 133 Å². The molecule has 0 saturated carbocycles. The summed E-state index contributed by atoms with van der Waals surface area (Å²) in [6.45, 7) is 0. The molecule has 0 aliphatic heterocycles. The van der Waals surface area contributed by atoms with Crippen molar-refractivity contribution in [3.05, 3.63) is 145 Å². The van der Waals surface area contributed by atoms with Gasteiger partial charge in [-0.05, 0) is 61.4 Å². The topological polar surface area (TPSA) is 13.1 Å². The maximum absolute atomic E-state index is 9.53. The molecule has 0 aliphatic carbocycles. The number of benzene rings is 7. The Morgan fingerprint density at radius 3 is 1.72 bits per heavy atom. The van der Waals surface area contributed by atoms with Gasteiger partial charge in [0.05, 0.1) is 15.1 Å². The summed E-state index contributed by atoms with van der Waals surface area (Å²) < 4.78 is 103. The Kier molecular flexibility index (Phi) is 3.04. The molecular formula is C38H24O. The van der Waals surface area contributed by atoms with Crippen LogP contribution >= 0.6 is 0 Å². The highest BCUT2D eigenvalue weighted by atomic mass is 16.3. The molecule has 0 atom stereocenters. The van der Waals surface area contributed by atoms with E-state index in [1.165, 1.54) is 0 Å². The average molecular weight is 508 g/mol. The molecule has 0 saturated heterocycles. The molecule has 0 amide bonds. The van der Waals surface area contributed by atoms with Crippen molar-refractivity contribution >= 4 is 43.5 Å². The summed E-state index contributed by atoms with van der Waals surface area (Å²) in [5.74, 6) is 0. The van der Waals surface area contributed by atoms with Crippen molar-refractivity contribution < 1.29 is 19.5 Å². The van der Waals surface area contributed by atoms with Crippen molar-refractivity contribution in [2.45, 2.75) is 0 Å². The zero-order valence-electron chi connectivity index (χ0n) is 31.4. The highest BCUT2D eigenvalue weighted by Crippen LogP contribution is 2.45. The minimum Gasteiger partial charge on any atom is -0.455 e. The second kappa shape index (κ2) is 8.72. The summed E-state index contributed by atoms with van der Waals surface area (Å²) in [5.41, 5.74) is 1.78. The first-order valence-electron chi connectivity index (χ1n) is 18.0. The second-order valence-electron chi connectivity index (χ2n) is 9.22. The van der Waals surface area contributed by atoms with E-state index in [1.807, 2.05) is 6.07 Å². The predicted molar refractivity (Wildman–Crippen MR) is 165 cm³/mol. The van der Waals surface area contributed by atoms with E-state index in [1.54, 1.807) is 72.8 Å². The van der Waals surface area contributed by atoms with Gasteiger partial charge in [0, 0.05) is 16.3 Å². The van der Waals surface area contributed by atoms with Crippen LogP contribution in [0.5, 0.6) is 0 Å². The number of furan rings is 1. The lowest BCUT2D eigenvalue weighted by Crippen LogP contribution is -1.90. The van der Waals surface area contributed by atoms with Crippen LogP contribution in [0.25, 0.3) is 76.9 Å². The second-order valence-corrected chi connectivity index (χ2v) is 9.22. The molecule has 0 fully saturated rings.